The van der Waals surface area contributed by atoms with Crippen LogP contribution in [0.2, 0.25) is 0 Å². The monoisotopic (exact) mass is 442 g/mol. The summed E-state index contributed by atoms with van der Waals surface area (Å²) in [5.41, 5.74) is 9.65. The van der Waals surface area contributed by atoms with Crippen LogP contribution >= 0.6 is 0 Å². The van der Waals surface area contributed by atoms with Crippen molar-refractivity contribution in [2.24, 2.45) is 11.8 Å². The molecule has 2 aromatic carbocycles. The number of benzene rings is 2. The highest BCUT2D eigenvalue weighted by molar-refractivity contribution is 5.65. The Labute approximate surface area is 198 Å². The molecule has 6 heterocycles. The number of nitrogens with zero attached hydrogens (tertiary/aromatic N) is 2. The van der Waals surface area contributed by atoms with Gasteiger partial charge in [0.25, 0.3) is 0 Å². The summed E-state index contributed by atoms with van der Waals surface area (Å²) in [5, 5.41) is 7.14. The van der Waals surface area contributed by atoms with Gasteiger partial charge in [0.1, 0.15) is 0 Å². The number of hydrogen-bond acceptors (Lipinski definition) is 4. The Morgan fingerprint density at radius 3 is 1.76 bits per heavy atom. The third kappa shape index (κ3) is 3.40. The van der Waals surface area contributed by atoms with Crippen LogP contribution in [-0.4, -0.2) is 52.4 Å². The fourth-order valence-corrected chi connectivity index (χ4v) is 7.81. The minimum atomic E-state index is 0.777. The van der Waals surface area contributed by atoms with Gasteiger partial charge in [0.05, 0.1) is 0 Å². The zero-order chi connectivity index (χ0) is 21.8. The SMILES string of the molecule is c1cc2c3c(c1)C1CNCC1CN3CCC2.c1cc2c3c(c1)C1CNCC1CN3CCCC2. The lowest BCUT2D eigenvalue weighted by molar-refractivity contribution is 0.470. The van der Waals surface area contributed by atoms with Gasteiger partial charge in [-0.2, -0.15) is 0 Å². The lowest BCUT2D eigenvalue weighted by Crippen LogP contribution is -2.40. The maximum absolute atomic E-state index is 3.58. The van der Waals surface area contributed by atoms with E-state index in [0.29, 0.717) is 0 Å². The summed E-state index contributed by atoms with van der Waals surface area (Å²) >= 11 is 0. The van der Waals surface area contributed by atoms with E-state index in [-0.39, 0.29) is 0 Å². The van der Waals surface area contributed by atoms with Crippen molar-refractivity contribution >= 4 is 11.4 Å². The van der Waals surface area contributed by atoms with Crippen molar-refractivity contribution in [3.8, 4) is 0 Å². The third-order valence-electron chi connectivity index (χ3n) is 9.32. The minimum absolute atomic E-state index is 0.777. The minimum Gasteiger partial charge on any atom is -0.371 e. The summed E-state index contributed by atoms with van der Waals surface area (Å²) in [6.07, 6.45) is 6.62. The van der Waals surface area contributed by atoms with E-state index in [9.17, 15) is 0 Å². The topological polar surface area (TPSA) is 30.5 Å². The Hall–Kier alpha value is -2.04. The molecule has 0 bridgehead atoms. The summed E-state index contributed by atoms with van der Waals surface area (Å²) in [5.74, 6) is 3.25. The van der Waals surface area contributed by atoms with Crippen LogP contribution < -0.4 is 20.4 Å². The fraction of sp³-hybridized carbons (Fsp3) is 0.586. The molecule has 0 saturated carbocycles. The summed E-state index contributed by atoms with van der Waals surface area (Å²) in [4.78, 5) is 5.31. The molecule has 174 valence electrons. The van der Waals surface area contributed by atoms with Crippen molar-refractivity contribution < 1.29 is 0 Å². The largest absolute Gasteiger partial charge is 0.371 e. The Bertz CT molecular complexity index is 1030. The summed E-state index contributed by atoms with van der Waals surface area (Å²) < 4.78 is 0. The standard InChI is InChI=1S/C15H20N2.C14H18N2/c1-2-7-17-10-12-8-16-9-14(12)13-6-3-5-11(4-1)15(13)17;1-3-10-4-2-6-16-9-11-7-15-8-13(11)12(5-1)14(10)16/h3,5-6,12,14,16H,1-2,4,7-10H2;1,3,5,11,13,15H,2,4,6-9H2. The number of fused-ring (bicyclic) bond motifs is 4. The molecule has 2 fully saturated rings. The summed E-state index contributed by atoms with van der Waals surface area (Å²) in [6.45, 7) is 9.91. The van der Waals surface area contributed by atoms with Crippen LogP contribution in [0.3, 0.4) is 0 Å². The smallest absolute Gasteiger partial charge is 0.0434 e. The van der Waals surface area contributed by atoms with Crippen LogP contribution in [-0.2, 0) is 12.8 Å². The molecule has 4 atom stereocenters. The van der Waals surface area contributed by atoms with Gasteiger partial charge in [0.2, 0.25) is 0 Å². The third-order valence-corrected chi connectivity index (χ3v) is 9.32. The first-order valence-electron chi connectivity index (χ1n) is 13.5. The number of para-hydroxylation sites is 2. The molecule has 0 amide bonds. The molecule has 4 unspecified atom stereocenters. The molecule has 6 aliphatic rings. The van der Waals surface area contributed by atoms with Crippen LogP contribution in [0.15, 0.2) is 36.4 Å². The van der Waals surface area contributed by atoms with E-state index < -0.39 is 0 Å². The highest BCUT2D eigenvalue weighted by Crippen LogP contribution is 2.45. The predicted octanol–water partition coefficient (Wildman–Crippen LogP) is 3.90. The average molecular weight is 443 g/mol. The van der Waals surface area contributed by atoms with E-state index in [1.54, 1.807) is 33.6 Å². The second kappa shape index (κ2) is 8.32. The van der Waals surface area contributed by atoms with Gasteiger partial charge in [-0.05, 0) is 66.2 Å². The number of aryl methyl sites for hydroxylation is 2. The Morgan fingerprint density at radius 2 is 1.15 bits per heavy atom. The van der Waals surface area contributed by atoms with E-state index in [1.807, 2.05) is 0 Å². The number of nitrogens with one attached hydrogen (secondary N) is 2. The number of hydrogen-bond donors (Lipinski definition) is 2. The highest BCUT2D eigenvalue weighted by atomic mass is 15.2. The summed E-state index contributed by atoms with van der Waals surface area (Å²) in [6, 6.07) is 14.0. The molecule has 8 rings (SSSR count). The Kier molecular flexibility index (Phi) is 5.13. The lowest BCUT2D eigenvalue weighted by Gasteiger charge is -2.41. The van der Waals surface area contributed by atoms with Crippen molar-refractivity contribution in [1.82, 2.24) is 10.6 Å². The maximum atomic E-state index is 3.58. The molecule has 6 aliphatic heterocycles. The zero-order valence-corrected chi connectivity index (χ0v) is 19.9. The van der Waals surface area contributed by atoms with Gasteiger partial charge in [-0.1, -0.05) is 36.4 Å². The zero-order valence-electron chi connectivity index (χ0n) is 19.9. The van der Waals surface area contributed by atoms with E-state index in [2.05, 4.69) is 56.8 Å². The quantitative estimate of drug-likeness (QED) is 0.648. The number of rotatable bonds is 0. The normalized spacial score (nSPS) is 30.9. The van der Waals surface area contributed by atoms with Gasteiger partial charge >= 0.3 is 0 Å². The van der Waals surface area contributed by atoms with Crippen molar-refractivity contribution in [3.05, 3.63) is 58.7 Å². The van der Waals surface area contributed by atoms with Gasteiger partial charge in [-0.3, -0.25) is 0 Å². The molecule has 4 heteroatoms. The lowest BCUT2D eigenvalue weighted by atomic mass is 9.80. The first kappa shape index (κ1) is 20.3. The van der Waals surface area contributed by atoms with Gasteiger partial charge in [0.15, 0.2) is 0 Å². The van der Waals surface area contributed by atoms with Crippen LogP contribution in [0.4, 0.5) is 11.4 Å². The van der Waals surface area contributed by atoms with Gasteiger partial charge < -0.3 is 20.4 Å². The average Bonchev–Trinajstić information content (AvgIpc) is 3.47. The molecular weight excluding hydrogens is 404 g/mol. The molecule has 0 aliphatic carbocycles. The molecule has 0 spiro atoms. The van der Waals surface area contributed by atoms with Gasteiger partial charge in [0, 0.05) is 75.6 Å². The van der Waals surface area contributed by atoms with Crippen molar-refractivity contribution in [2.45, 2.75) is 43.9 Å². The van der Waals surface area contributed by atoms with E-state index in [4.69, 9.17) is 0 Å². The maximum Gasteiger partial charge on any atom is 0.0434 e. The molecule has 33 heavy (non-hydrogen) atoms. The molecule has 2 N–H and O–H groups in total. The van der Waals surface area contributed by atoms with Crippen LogP contribution in [0, 0.1) is 11.8 Å². The van der Waals surface area contributed by atoms with E-state index >= 15 is 0 Å². The van der Waals surface area contributed by atoms with Crippen LogP contribution in [0.25, 0.3) is 0 Å². The van der Waals surface area contributed by atoms with Crippen molar-refractivity contribution in [3.63, 3.8) is 0 Å². The first-order valence-corrected chi connectivity index (χ1v) is 13.5. The van der Waals surface area contributed by atoms with Crippen LogP contribution in [0.5, 0.6) is 0 Å². The molecule has 4 nitrogen and oxygen atoms in total. The van der Waals surface area contributed by atoms with Crippen molar-refractivity contribution in [1.29, 1.82) is 0 Å². The highest BCUT2D eigenvalue weighted by Gasteiger charge is 2.39. The molecule has 2 saturated heterocycles. The Morgan fingerprint density at radius 1 is 0.606 bits per heavy atom. The molecular formula is C29H38N4. The molecule has 0 radical (unpaired) electrons. The van der Waals surface area contributed by atoms with Crippen LogP contribution in [0.1, 0.15) is 53.4 Å². The second-order valence-corrected chi connectivity index (χ2v) is 11.2. The Balaban J connectivity index is 0.000000115. The first-order chi connectivity index (χ1) is 16.4. The number of anilines is 2. The van der Waals surface area contributed by atoms with Gasteiger partial charge in [-0.15, -0.1) is 0 Å². The predicted molar refractivity (Wildman–Crippen MR) is 137 cm³/mol. The van der Waals surface area contributed by atoms with E-state index in [0.717, 1.165) is 23.7 Å². The molecule has 0 aromatic heterocycles. The van der Waals surface area contributed by atoms with E-state index in [1.165, 1.54) is 84.5 Å². The van der Waals surface area contributed by atoms with Crippen molar-refractivity contribution in [2.75, 3.05) is 62.2 Å². The summed E-state index contributed by atoms with van der Waals surface area (Å²) in [7, 11) is 0. The second-order valence-electron chi connectivity index (χ2n) is 11.2. The van der Waals surface area contributed by atoms with Gasteiger partial charge in [-0.25, -0.2) is 0 Å². The molecule has 2 aromatic rings. The fourth-order valence-electron chi connectivity index (χ4n) is 7.81.